The molecular weight excluding hydrogens is 552 g/mol. The first-order valence-electron chi connectivity index (χ1n) is 14.0. The molecule has 0 aliphatic heterocycles. The van der Waals surface area contributed by atoms with Crippen LogP contribution in [-0.4, -0.2) is 56.9 Å². The van der Waals surface area contributed by atoms with Crippen molar-refractivity contribution in [2.45, 2.75) is 84.3 Å². The molecule has 2 amide bonds. The van der Waals surface area contributed by atoms with Gasteiger partial charge in [0, 0.05) is 25.2 Å². The Hall–Kier alpha value is -4.67. The molecule has 2 N–H and O–H groups in total. The number of imidazole rings is 1. The van der Waals surface area contributed by atoms with E-state index < -0.39 is 47.3 Å². The number of aromatic nitrogens is 2. The van der Waals surface area contributed by atoms with Gasteiger partial charge in [-0.2, -0.15) is 0 Å². The standard InChI is InChI=1S/C32H40N4O7/c1-31(2,3)42-29(39)34-25(27(37)36-16-15-33-21-36)19-23-13-10-14-24(17-23)20-41-28(38)26(18-22-11-8-7-9-12-22)35-30(40)43-32(4,5)6/h7-17,21,25-26H,18-20H2,1-6H3,(H,34,39)(H,35,40)/t25-,26-/m1/s1. The maximum atomic E-state index is 13.1. The predicted molar refractivity (Wildman–Crippen MR) is 159 cm³/mol. The molecule has 0 aliphatic carbocycles. The van der Waals surface area contributed by atoms with Crippen LogP contribution in [0.4, 0.5) is 9.59 Å². The van der Waals surface area contributed by atoms with Gasteiger partial charge in [0.15, 0.2) is 0 Å². The number of hydrogen-bond acceptors (Lipinski definition) is 8. The SMILES string of the molecule is CC(C)(C)OC(=O)N[C@H](Cc1ccccc1)C(=O)OCc1cccc(C[C@@H](NC(=O)OC(C)(C)C)C(=O)n2ccnc2)c1. The van der Waals surface area contributed by atoms with E-state index in [0.29, 0.717) is 5.56 Å². The maximum Gasteiger partial charge on any atom is 0.408 e. The lowest BCUT2D eigenvalue weighted by Gasteiger charge is -2.23. The molecule has 0 aliphatic rings. The summed E-state index contributed by atoms with van der Waals surface area (Å²) in [4.78, 5) is 55.2. The molecule has 0 spiro atoms. The van der Waals surface area contributed by atoms with E-state index in [-0.39, 0.29) is 19.4 Å². The summed E-state index contributed by atoms with van der Waals surface area (Å²) in [5.74, 6) is -1.02. The molecule has 11 nitrogen and oxygen atoms in total. The van der Waals surface area contributed by atoms with Crippen LogP contribution in [0.5, 0.6) is 0 Å². The molecule has 43 heavy (non-hydrogen) atoms. The summed E-state index contributed by atoms with van der Waals surface area (Å²) in [6.45, 7) is 10.3. The van der Waals surface area contributed by atoms with E-state index >= 15 is 0 Å². The third kappa shape index (κ3) is 11.6. The van der Waals surface area contributed by atoms with Crippen molar-refractivity contribution >= 4 is 24.1 Å². The molecule has 11 heteroatoms. The molecule has 0 saturated carbocycles. The molecule has 0 fully saturated rings. The average Bonchev–Trinajstić information content (AvgIpc) is 3.44. The second-order valence-corrected chi connectivity index (χ2v) is 12.0. The number of nitrogens with zero attached hydrogens (tertiary/aromatic N) is 2. The summed E-state index contributed by atoms with van der Waals surface area (Å²) in [5, 5.41) is 5.28. The fourth-order valence-corrected chi connectivity index (χ4v) is 4.05. The van der Waals surface area contributed by atoms with Crippen molar-refractivity contribution in [2.75, 3.05) is 0 Å². The number of rotatable bonds is 10. The Morgan fingerprint density at radius 1 is 0.767 bits per heavy atom. The van der Waals surface area contributed by atoms with Crippen molar-refractivity contribution in [2.24, 2.45) is 0 Å². The number of alkyl carbamates (subject to hydrolysis) is 2. The first-order valence-corrected chi connectivity index (χ1v) is 14.0. The van der Waals surface area contributed by atoms with Crippen LogP contribution >= 0.6 is 0 Å². The number of nitrogens with one attached hydrogen (secondary N) is 2. The fourth-order valence-electron chi connectivity index (χ4n) is 4.05. The maximum absolute atomic E-state index is 13.1. The Morgan fingerprint density at radius 3 is 1.91 bits per heavy atom. The Labute approximate surface area is 251 Å². The van der Waals surface area contributed by atoms with Crippen molar-refractivity contribution in [3.05, 3.63) is 90.0 Å². The van der Waals surface area contributed by atoms with E-state index in [1.54, 1.807) is 65.8 Å². The van der Waals surface area contributed by atoms with Gasteiger partial charge in [-0.25, -0.2) is 19.4 Å². The van der Waals surface area contributed by atoms with Crippen LogP contribution in [-0.2, 0) is 38.5 Å². The summed E-state index contributed by atoms with van der Waals surface area (Å²) < 4.78 is 17.6. The first kappa shape index (κ1) is 32.8. The highest BCUT2D eigenvalue weighted by Crippen LogP contribution is 2.14. The van der Waals surface area contributed by atoms with Crippen LogP contribution in [0.15, 0.2) is 73.3 Å². The van der Waals surface area contributed by atoms with Gasteiger partial charge in [0.25, 0.3) is 5.91 Å². The van der Waals surface area contributed by atoms with Crippen molar-refractivity contribution in [1.82, 2.24) is 20.2 Å². The lowest BCUT2D eigenvalue weighted by Crippen LogP contribution is -2.46. The number of carbonyl (C=O) groups is 4. The first-order chi connectivity index (χ1) is 20.2. The van der Waals surface area contributed by atoms with Crippen molar-refractivity contribution in [1.29, 1.82) is 0 Å². The molecular formula is C32H40N4O7. The third-order valence-electron chi connectivity index (χ3n) is 5.82. The lowest BCUT2D eigenvalue weighted by molar-refractivity contribution is -0.147. The summed E-state index contributed by atoms with van der Waals surface area (Å²) in [5.41, 5.74) is 0.742. The van der Waals surface area contributed by atoms with Crippen LogP contribution in [0, 0.1) is 0 Å². The molecule has 0 unspecified atom stereocenters. The molecule has 230 valence electrons. The van der Waals surface area contributed by atoms with Gasteiger partial charge in [-0.05, 0) is 58.2 Å². The number of amides is 2. The molecule has 0 radical (unpaired) electrons. The fraction of sp³-hybridized carbons (Fsp3) is 0.406. The van der Waals surface area contributed by atoms with Gasteiger partial charge >= 0.3 is 18.2 Å². The highest BCUT2D eigenvalue weighted by Gasteiger charge is 2.27. The van der Waals surface area contributed by atoms with Crippen LogP contribution in [0.2, 0.25) is 0 Å². The van der Waals surface area contributed by atoms with Crippen LogP contribution in [0.25, 0.3) is 0 Å². The van der Waals surface area contributed by atoms with E-state index in [4.69, 9.17) is 14.2 Å². The smallest absolute Gasteiger partial charge is 0.408 e. The summed E-state index contributed by atoms with van der Waals surface area (Å²) >= 11 is 0. The van der Waals surface area contributed by atoms with E-state index in [1.807, 2.05) is 30.3 Å². The summed E-state index contributed by atoms with van der Waals surface area (Å²) in [6, 6.07) is 14.5. The minimum atomic E-state index is -0.976. The second-order valence-electron chi connectivity index (χ2n) is 12.0. The highest BCUT2D eigenvalue weighted by atomic mass is 16.6. The topological polar surface area (TPSA) is 138 Å². The van der Waals surface area contributed by atoms with E-state index in [0.717, 1.165) is 11.1 Å². The Bertz CT molecular complexity index is 1380. The molecule has 0 bridgehead atoms. The zero-order chi connectivity index (χ0) is 31.6. The Kier molecular flexibility index (Phi) is 11.1. The van der Waals surface area contributed by atoms with Gasteiger partial charge in [0.2, 0.25) is 0 Å². The molecule has 0 saturated heterocycles. The van der Waals surface area contributed by atoms with E-state index in [2.05, 4.69) is 15.6 Å². The zero-order valence-corrected chi connectivity index (χ0v) is 25.5. The van der Waals surface area contributed by atoms with Gasteiger partial charge in [-0.1, -0.05) is 54.6 Å². The predicted octanol–water partition coefficient (Wildman–Crippen LogP) is 4.84. The lowest BCUT2D eigenvalue weighted by atomic mass is 10.0. The zero-order valence-electron chi connectivity index (χ0n) is 25.5. The molecule has 2 atom stereocenters. The largest absolute Gasteiger partial charge is 0.459 e. The van der Waals surface area contributed by atoms with Gasteiger partial charge in [0.05, 0.1) is 0 Å². The molecule has 1 aromatic heterocycles. The van der Waals surface area contributed by atoms with Crippen molar-refractivity contribution < 1.29 is 33.4 Å². The number of esters is 1. The Morgan fingerprint density at radius 2 is 1.33 bits per heavy atom. The van der Waals surface area contributed by atoms with Gasteiger partial charge < -0.3 is 24.8 Å². The van der Waals surface area contributed by atoms with Gasteiger partial charge in [-0.15, -0.1) is 0 Å². The summed E-state index contributed by atoms with van der Waals surface area (Å²) in [6.07, 6.45) is 3.25. The minimum absolute atomic E-state index is 0.0758. The highest BCUT2D eigenvalue weighted by molar-refractivity contribution is 5.87. The monoisotopic (exact) mass is 592 g/mol. The van der Waals surface area contributed by atoms with Gasteiger partial charge in [0.1, 0.15) is 36.2 Å². The number of ether oxygens (including phenoxy) is 3. The summed E-state index contributed by atoms with van der Waals surface area (Å²) in [7, 11) is 0. The van der Waals surface area contributed by atoms with Crippen molar-refractivity contribution in [3.8, 4) is 0 Å². The van der Waals surface area contributed by atoms with Gasteiger partial charge in [-0.3, -0.25) is 9.36 Å². The van der Waals surface area contributed by atoms with Crippen LogP contribution in [0.1, 0.15) is 63.0 Å². The molecule has 1 heterocycles. The number of benzene rings is 2. The van der Waals surface area contributed by atoms with E-state index in [9.17, 15) is 19.2 Å². The second kappa shape index (κ2) is 14.5. The normalized spacial score (nSPS) is 12.9. The molecule has 3 rings (SSSR count). The number of hydrogen-bond donors (Lipinski definition) is 2. The molecule has 2 aromatic carbocycles. The Balaban J connectivity index is 1.71. The minimum Gasteiger partial charge on any atom is -0.459 e. The third-order valence-corrected chi connectivity index (χ3v) is 5.82. The number of carbonyl (C=O) groups excluding carboxylic acids is 4. The molecule has 3 aromatic rings. The quantitative estimate of drug-likeness (QED) is 0.252. The van der Waals surface area contributed by atoms with Crippen LogP contribution < -0.4 is 10.6 Å². The van der Waals surface area contributed by atoms with Crippen LogP contribution in [0.3, 0.4) is 0 Å². The van der Waals surface area contributed by atoms with E-state index in [1.165, 1.54) is 23.3 Å². The average molecular weight is 593 g/mol. The van der Waals surface area contributed by atoms with Crippen molar-refractivity contribution in [3.63, 3.8) is 0 Å².